The standard InChI is InChI=1S/C18H14N2O2/c1-21-14-6-4-7-15(12-14)22-18-9-5-8-17(16(18)13-19)20-10-2-3-11-20/h2-12H,1H3. The van der Waals surface area contributed by atoms with Crippen molar-refractivity contribution in [3.63, 3.8) is 0 Å². The molecule has 3 rings (SSSR count). The summed E-state index contributed by atoms with van der Waals surface area (Å²) in [5.74, 6) is 1.85. The van der Waals surface area contributed by atoms with E-state index in [0.717, 1.165) is 5.69 Å². The van der Waals surface area contributed by atoms with Crippen LogP contribution in [0.3, 0.4) is 0 Å². The molecule has 22 heavy (non-hydrogen) atoms. The zero-order valence-corrected chi connectivity index (χ0v) is 12.1. The van der Waals surface area contributed by atoms with Crippen molar-refractivity contribution in [1.82, 2.24) is 4.57 Å². The molecule has 0 aliphatic heterocycles. The van der Waals surface area contributed by atoms with E-state index in [1.165, 1.54) is 0 Å². The van der Waals surface area contributed by atoms with Gasteiger partial charge in [0.1, 0.15) is 28.9 Å². The maximum Gasteiger partial charge on any atom is 0.147 e. The fourth-order valence-electron chi connectivity index (χ4n) is 2.22. The van der Waals surface area contributed by atoms with Crippen LogP contribution < -0.4 is 9.47 Å². The maximum absolute atomic E-state index is 9.51. The van der Waals surface area contributed by atoms with Crippen molar-refractivity contribution in [3.05, 3.63) is 72.6 Å². The molecule has 108 valence electrons. The third kappa shape index (κ3) is 2.65. The van der Waals surface area contributed by atoms with Crippen LogP contribution in [0.4, 0.5) is 0 Å². The molecule has 0 amide bonds. The van der Waals surface area contributed by atoms with Gasteiger partial charge in [-0.15, -0.1) is 0 Å². The first-order chi connectivity index (χ1) is 10.8. The highest BCUT2D eigenvalue weighted by molar-refractivity contribution is 5.58. The number of benzene rings is 2. The Hall–Kier alpha value is -3.19. The quantitative estimate of drug-likeness (QED) is 0.725. The van der Waals surface area contributed by atoms with Gasteiger partial charge in [0.15, 0.2) is 0 Å². The molecule has 0 radical (unpaired) electrons. The van der Waals surface area contributed by atoms with Crippen LogP contribution in [-0.2, 0) is 0 Å². The molecule has 0 spiro atoms. The minimum atomic E-state index is 0.488. The molecule has 0 saturated carbocycles. The van der Waals surface area contributed by atoms with E-state index >= 15 is 0 Å². The Morgan fingerprint density at radius 2 is 1.68 bits per heavy atom. The monoisotopic (exact) mass is 290 g/mol. The summed E-state index contributed by atoms with van der Waals surface area (Å²) in [6, 6.07) is 18.9. The van der Waals surface area contributed by atoms with Crippen LogP contribution in [0.5, 0.6) is 17.2 Å². The first kappa shape index (κ1) is 13.8. The number of hydrogen-bond acceptors (Lipinski definition) is 3. The number of ether oxygens (including phenoxy) is 2. The van der Waals surface area contributed by atoms with E-state index in [4.69, 9.17) is 9.47 Å². The molecule has 0 aliphatic carbocycles. The summed E-state index contributed by atoms with van der Waals surface area (Å²) in [6.45, 7) is 0. The average Bonchev–Trinajstić information content (AvgIpc) is 3.09. The van der Waals surface area contributed by atoms with Crippen LogP contribution in [0.15, 0.2) is 67.0 Å². The molecular weight excluding hydrogens is 276 g/mol. The molecular formula is C18H14N2O2. The molecule has 0 N–H and O–H groups in total. The number of hydrogen-bond donors (Lipinski definition) is 0. The number of aromatic nitrogens is 1. The van der Waals surface area contributed by atoms with Gasteiger partial charge in [0.2, 0.25) is 0 Å². The minimum Gasteiger partial charge on any atom is -0.497 e. The normalized spacial score (nSPS) is 10.0. The fourth-order valence-corrected chi connectivity index (χ4v) is 2.22. The van der Waals surface area contributed by atoms with Gasteiger partial charge in [-0.2, -0.15) is 5.26 Å². The van der Waals surface area contributed by atoms with Crippen LogP contribution in [0.1, 0.15) is 5.56 Å². The Morgan fingerprint density at radius 3 is 2.41 bits per heavy atom. The second kappa shape index (κ2) is 6.06. The second-order valence-electron chi connectivity index (χ2n) is 4.63. The molecule has 4 nitrogen and oxygen atoms in total. The van der Waals surface area contributed by atoms with Crippen molar-refractivity contribution in [2.24, 2.45) is 0 Å². The Bertz CT molecular complexity index is 817. The average molecular weight is 290 g/mol. The van der Waals surface area contributed by atoms with Gasteiger partial charge < -0.3 is 14.0 Å². The third-order valence-electron chi connectivity index (χ3n) is 3.27. The van der Waals surface area contributed by atoms with E-state index in [0.29, 0.717) is 22.8 Å². The molecule has 0 saturated heterocycles. The van der Waals surface area contributed by atoms with Crippen molar-refractivity contribution in [1.29, 1.82) is 5.26 Å². The number of rotatable bonds is 4. The molecule has 1 aromatic heterocycles. The summed E-state index contributed by atoms with van der Waals surface area (Å²) < 4.78 is 12.9. The predicted molar refractivity (Wildman–Crippen MR) is 83.6 cm³/mol. The molecule has 0 atom stereocenters. The van der Waals surface area contributed by atoms with Gasteiger partial charge in [0.05, 0.1) is 12.8 Å². The van der Waals surface area contributed by atoms with Gasteiger partial charge in [-0.3, -0.25) is 0 Å². The van der Waals surface area contributed by atoms with E-state index in [2.05, 4.69) is 6.07 Å². The summed E-state index contributed by atoms with van der Waals surface area (Å²) in [5, 5.41) is 9.51. The van der Waals surface area contributed by atoms with Crippen LogP contribution in [0.25, 0.3) is 5.69 Å². The van der Waals surface area contributed by atoms with E-state index in [9.17, 15) is 5.26 Å². The molecule has 0 aliphatic rings. The lowest BCUT2D eigenvalue weighted by molar-refractivity contribution is 0.409. The predicted octanol–water partition coefficient (Wildman–Crippen LogP) is 4.15. The van der Waals surface area contributed by atoms with Crippen LogP contribution in [0.2, 0.25) is 0 Å². The lowest BCUT2D eigenvalue weighted by Gasteiger charge is -2.12. The topological polar surface area (TPSA) is 47.2 Å². The maximum atomic E-state index is 9.51. The molecule has 1 heterocycles. The number of nitriles is 1. The molecule has 2 aromatic carbocycles. The Morgan fingerprint density at radius 1 is 0.955 bits per heavy atom. The largest absolute Gasteiger partial charge is 0.497 e. The van der Waals surface area contributed by atoms with Crippen molar-refractivity contribution < 1.29 is 9.47 Å². The highest BCUT2D eigenvalue weighted by Crippen LogP contribution is 2.30. The number of nitrogens with zero attached hydrogens (tertiary/aromatic N) is 2. The van der Waals surface area contributed by atoms with Crippen molar-refractivity contribution in [3.8, 4) is 29.0 Å². The van der Waals surface area contributed by atoms with E-state index in [-0.39, 0.29) is 0 Å². The third-order valence-corrected chi connectivity index (χ3v) is 3.27. The lowest BCUT2D eigenvalue weighted by atomic mass is 10.1. The van der Waals surface area contributed by atoms with Crippen LogP contribution >= 0.6 is 0 Å². The summed E-state index contributed by atoms with van der Waals surface area (Å²) in [7, 11) is 1.60. The summed E-state index contributed by atoms with van der Waals surface area (Å²) >= 11 is 0. The number of methoxy groups -OCH3 is 1. The fraction of sp³-hybridized carbons (Fsp3) is 0.0556. The summed E-state index contributed by atoms with van der Waals surface area (Å²) in [6.07, 6.45) is 3.79. The summed E-state index contributed by atoms with van der Waals surface area (Å²) in [4.78, 5) is 0. The van der Waals surface area contributed by atoms with E-state index in [1.54, 1.807) is 19.2 Å². The zero-order chi connectivity index (χ0) is 15.4. The molecule has 0 bridgehead atoms. The molecule has 4 heteroatoms. The van der Waals surface area contributed by atoms with Crippen molar-refractivity contribution in [2.45, 2.75) is 0 Å². The van der Waals surface area contributed by atoms with Crippen LogP contribution in [-0.4, -0.2) is 11.7 Å². The van der Waals surface area contributed by atoms with Crippen molar-refractivity contribution >= 4 is 0 Å². The van der Waals surface area contributed by atoms with Crippen molar-refractivity contribution in [2.75, 3.05) is 7.11 Å². The lowest BCUT2D eigenvalue weighted by Crippen LogP contribution is -1.97. The van der Waals surface area contributed by atoms with E-state index in [1.807, 2.05) is 59.4 Å². The van der Waals surface area contributed by atoms with Gasteiger partial charge in [0, 0.05) is 18.5 Å². The Kier molecular flexibility index (Phi) is 3.80. The highest BCUT2D eigenvalue weighted by atomic mass is 16.5. The molecule has 3 aromatic rings. The molecule has 0 fully saturated rings. The van der Waals surface area contributed by atoms with Gasteiger partial charge in [-0.1, -0.05) is 12.1 Å². The smallest absolute Gasteiger partial charge is 0.147 e. The SMILES string of the molecule is COc1cccc(Oc2cccc(-n3cccc3)c2C#N)c1. The Labute approximate surface area is 128 Å². The van der Waals surface area contributed by atoms with E-state index < -0.39 is 0 Å². The van der Waals surface area contributed by atoms with Crippen LogP contribution in [0, 0.1) is 11.3 Å². The van der Waals surface area contributed by atoms with Gasteiger partial charge in [-0.05, 0) is 36.4 Å². The molecule has 0 unspecified atom stereocenters. The summed E-state index contributed by atoms with van der Waals surface area (Å²) in [5.41, 5.74) is 1.27. The minimum absolute atomic E-state index is 0.488. The highest BCUT2D eigenvalue weighted by Gasteiger charge is 2.11. The van der Waals surface area contributed by atoms with Gasteiger partial charge >= 0.3 is 0 Å². The zero-order valence-electron chi connectivity index (χ0n) is 12.1. The van der Waals surface area contributed by atoms with Gasteiger partial charge in [0.25, 0.3) is 0 Å². The second-order valence-corrected chi connectivity index (χ2v) is 4.63. The van der Waals surface area contributed by atoms with Gasteiger partial charge in [-0.25, -0.2) is 0 Å². The first-order valence-corrected chi connectivity index (χ1v) is 6.80. The first-order valence-electron chi connectivity index (χ1n) is 6.80. The Balaban J connectivity index is 2.01.